The van der Waals surface area contributed by atoms with E-state index in [1.807, 2.05) is 0 Å². The Morgan fingerprint density at radius 2 is 2.14 bits per heavy atom. The smallest absolute Gasteiger partial charge is 0.238 e. The molecule has 22 heavy (non-hydrogen) atoms. The molecule has 0 saturated carbocycles. The molecule has 1 aliphatic rings. The summed E-state index contributed by atoms with van der Waals surface area (Å²) in [4.78, 5) is 14.1. The van der Waals surface area contributed by atoms with Crippen LogP contribution in [-0.2, 0) is 4.79 Å². The van der Waals surface area contributed by atoms with Gasteiger partial charge in [0.1, 0.15) is 0 Å². The number of nitrogens with zero attached hydrogens (tertiary/aromatic N) is 1. The van der Waals surface area contributed by atoms with Gasteiger partial charge in [-0.3, -0.25) is 9.69 Å². The largest absolute Gasteiger partial charge is 0.329 e. The van der Waals surface area contributed by atoms with E-state index in [1.54, 1.807) is 0 Å². The van der Waals surface area contributed by atoms with E-state index in [0.717, 1.165) is 31.5 Å². The molecular formula is C15H22ClF2N3O. The van der Waals surface area contributed by atoms with E-state index >= 15 is 0 Å². The first-order valence-corrected chi connectivity index (χ1v) is 7.20. The Balaban J connectivity index is 0.00000242. The van der Waals surface area contributed by atoms with Crippen molar-refractivity contribution < 1.29 is 13.6 Å². The predicted molar refractivity (Wildman–Crippen MR) is 85.0 cm³/mol. The summed E-state index contributed by atoms with van der Waals surface area (Å²) in [6, 6.07) is 3.51. The molecule has 2 rings (SSSR count). The van der Waals surface area contributed by atoms with Gasteiger partial charge < -0.3 is 11.1 Å². The van der Waals surface area contributed by atoms with Crippen LogP contribution in [0.2, 0.25) is 0 Å². The zero-order valence-corrected chi connectivity index (χ0v) is 13.3. The lowest BCUT2D eigenvalue weighted by atomic mass is 9.91. The van der Waals surface area contributed by atoms with Crippen LogP contribution in [0, 0.1) is 17.6 Å². The Morgan fingerprint density at radius 3 is 2.77 bits per heavy atom. The fourth-order valence-electron chi connectivity index (χ4n) is 2.87. The minimum atomic E-state index is -0.973. The molecule has 1 aliphatic heterocycles. The van der Waals surface area contributed by atoms with Gasteiger partial charge in [-0.25, -0.2) is 8.78 Å². The number of halogens is 3. The van der Waals surface area contributed by atoms with Gasteiger partial charge in [-0.15, -0.1) is 12.4 Å². The van der Waals surface area contributed by atoms with Crippen LogP contribution in [0.3, 0.4) is 0 Å². The molecule has 2 unspecified atom stereocenters. The number of carbonyl (C=O) groups excluding carboxylic acids is 1. The van der Waals surface area contributed by atoms with Gasteiger partial charge in [-0.05, 0) is 37.4 Å². The molecule has 1 amide bonds. The highest BCUT2D eigenvalue weighted by Crippen LogP contribution is 2.22. The molecule has 1 fully saturated rings. The van der Waals surface area contributed by atoms with E-state index in [-0.39, 0.29) is 36.6 Å². The van der Waals surface area contributed by atoms with Gasteiger partial charge in [0.05, 0.1) is 6.54 Å². The summed E-state index contributed by atoms with van der Waals surface area (Å²) < 4.78 is 25.9. The van der Waals surface area contributed by atoms with Crippen molar-refractivity contribution in [1.82, 2.24) is 4.90 Å². The highest BCUT2D eigenvalue weighted by molar-refractivity contribution is 5.92. The van der Waals surface area contributed by atoms with Crippen molar-refractivity contribution in [3.63, 3.8) is 0 Å². The number of benzene rings is 1. The van der Waals surface area contributed by atoms with Crippen LogP contribution < -0.4 is 11.1 Å². The average Bonchev–Trinajstić information content (AvgIpc) is 2.43. The predicted octanol–water partition coefficient (Wildman–Crippen LogP) is 2.38. The number of nitrogens with one attached hydrogen (secondary N) is 1. The van der Waals surface area contributed by atoms with Crippen LogP contribution in [0.5, 0.6) is 0 Å². The van der Waals surface area contributed by atoms with Crippen LogP contribution in [0.4, 0.5) is 14.5 Å². The van der Waals surface area contributed by atoms with E-state index in [9.17, 15) is 13.6 Å². The van der Waals surface area contributed by atoms with Crippen LogP contribution >= 0.6 is 12.4 Å². The second-order valence-electron chi connectivity index (χ2n) is 5.57. The first-order chi connectivity index (χ1) is 10.0. The molecule has 0 spiro atoms. The molecule has 4 nitrogen and oxygen atoms in total. The zero-order valence-electron chi connectivity index (χ0n) is 12.5. The summed E-state index contributed by atoms with van der Waals surface area (Å²) in [6.07, 6.45) is 2.15. The van der Waals surface area contributed by atoms with Gasteiger partial charge >= 0.3 is 0 Å². The van der Waals surface area contributed by atoms with Crippen molar-refractivity contribution in [2.45, 2.75) is 25.8 Å². The van der Waals surface area contributed by atoms with Gasteiger partial charge in [-0.2, -0.15) is 0 Å². The normalized spacial score (nSPS) is 22.0. The van der Waals surface area contributed by atoms with Gasteiger partial charge in [0, 0.05) is 24.3 Å². The van der Waals surface area contributed by atoms with Gasteiger partial charge in [0.15, 0.2) is 11.6 Å². The molecule has 3 N–H and O–H groups in total. The number of hydrogen-bond donors (Lipinski definition) is 2. The minimum Gasteiger partial charge on any atom is -0.329 e. The maximum absolute atomic E-state index is 13.1. The number of hydrogen-bond acceptors (Lipinski definition) is 3. The first-order valence-electron chi connectivity index (χ1n) is 7.20. The Kier molecular flexibility index (Phi) is 7.19. The van der Waals surface area contributed by atoms with Crippen molar-refractivity contribution in [1.29, 1.82) is 0 Å². The van der Waals surface area contributed by atoms with Crippen LogP contribution in [0.1, 0.15) is 19.8 Å². The van der Waals surface area contributed by atoms with Crippen LogP contribution in [-0.4, -0.2) is 36.5 Å². The fourth-order valence-corrected chi connectivity index (χ4v) is 2.87. The lowest BCUT2D eigenvalue weighted by Crippen LogP contribution is -2.51. The van der Waals surface area contributed by atoms with Gasteiger partial charge in [0.2, 0.25) is 5.91 Å². The molecular weight excluding hydrogens is 312 g/mol. The minimum absolute atomic E-state index is 0. The number of anilines is 1. The lowest BCUT2D eigenvalue weighted by Gasteiger charge is -2.38. The zero-order chi connectivity index (χ0) is 15.4. The Morgan fingerprint density at radius 1 is 1.41 bits per heavy atom. The van der Waals surface area contributed by atoms with Crippen molar-refractivity contribution in [2.24, 2.45) is 11.7 Å². The van der Waals surface area contributed by atoms with E-state index in [4.69, 9.17) is 5.73 Å². The quantitative estimate of drug-likeness (QED) is 0.889. The van der Waals surface area contributed by atoms with Gasteiger partial charge in [-0.1, -0.05) is 6.92 Å². The average molecular weight is 334 g/mol. The number of amides is 1. The monoisotopic (exact) mass is 333 g/mol. The maximum Gasteiger partial charge on any atom is 0.238 e. The summed E-state index contributed by atoms with van der Waals surface area (Å²) in [5, 5.41) is 2.59. The molecule has 0 aromatic heterocycles. The van der Waals surface area contributed by atoms with E-state index in [1.165, 1.54) is 6.07 Å². The summed E-state index contributed by atoms with van der Waals surface area (Å²) in [5.74, 6) is -1.69. The molecule has 7 heteroatoms. The number of carbonyl (C=O) groups is 1. The van der Waals surface area contributed by atoms with E-state index in [2.05, 4.69) is 17.1 Å². The molecule has 0 bridgehead atoms. The Bertz CT molecular complexity index is 516. The van der Waals surface area contributed by atoms with Crippen LogP contribution in [0.15, 0.2) is 18.2 Å². The fraction of sp³-hybridized carbons (Fsp3) is 0.533. The number of piperidine rings is 1. The molecule has 1 aromatic carbocycles. The van der Waals surface area contributed by atoms with Crippen molar-refractivity contribution in [3.8, 4) is 0 Å². The van der Waals surface area contributed by atoms with Crippen molar-refractivity contribution >= 4 is 24.0 Å². The third-order valence-electron chi connectivity index (χ3n) is 4.02. The molecule has 2 atom stereocenters. The van der Waals surface area contributed by atoms with E-state index in [0.29, 0.717) is 12.5 Å². The second kappa shape index (κ2) is 8.41. The SMILES string of the molecule is CC1CCCN(CC(=O)Nc2ccc(F)c(F)c2)C1CN.Cl. The van der Waals surface area contributed by atoms with Crippen molar-refractivity contribution in [3.05, 3.63) is 29.8 Å². The number of likely N-dealkylation sites (tertiary alicyclic amines) is 1. The molecule has 0 radical (unpaired) electrons. The summed E-state index contributed by atoms with van der Waals surface area (Å²) in [6.45, 7) is 3.69. The highest BCUT2D eigenvalue weighted by Gasteiger charge is 2.28. The summed E-state index contributed by atoms with van der Waals surface area (Å²) in [7, 11) is 0. The molecule has 1 aromatic rings. The number of rotatable bonds is 4. The third kappa shape index (κ3) is 4.63. The standard InChI is InChI=1S/C15H21F2N3O.ClH/c1-10-3-2-6-20(14(10)8-18)9-15(21)19-11-4-5-12(16)13(17)7-11;/h4-5,7,10,14H,2-3,6,8-9,18H2,1H3,(H,19,21);1H. The Labute approximate surface area is 135 Å². The van der Waals surface area contributed by atoms with E-state index < -0.39 is 11.6 Å². The molecule has 1 heterocycles. The Hall–Kier alpha value is -1.24. The van der Waals surface area contributed by atoms with Crippen molar-refractivity contribution in [2.75, 3.05) is 25.0 Å². The highest BCUT2D eigenvalue weighted by atomic mass is 35.5. The second-order valence-corrected chi connectivity index (χ2v) is 5.57. The molecule has 0 aliphatic carbocycles. The molecule has 124 valence electrons. The van der Waals surface area contributed by atoms with Gasteiger partial charge in [0.25, 0.3) is 0 Å². The maximum atomic E-state index is 13.1. The lowest BCUT2D eigenvalue weighted by molar-refractivity contribution is -0.118. The summed E-state index contributed by atoms with van der Waals surface area (Å²) >= 11 is 0. The topological polar surface area (TPSA) is 58.4 Å². The third-order valence-corrected chi connectivity index (χ3v) is 4.02. The summed E-state index contributed by atoms with van der Waals surface area (Å²) in [5.41, 5.74) is 6.04. The first kappa shape index (κ1) is 18.8. The molecule has 1 saturated heterocycles. The van der Waals surface area contributed by atoms with Crippen LogP contribution in [0.25, 0.3) is 0 Å². The number of nitrogens with two attached hydrogens (primary N) is 1.